The van der Waals surface area contributed by atoms with E-state index < -0.39 is 5.60 Å². The van der Waals surface area contributed by atoms with E-state index in [-0.39, 0.29) is 0 Å². The zero-order valence-electron chi connectivity index (χ0n) is 12.9. The summed E-state index contributed by atoms with van der Waals surface area (Å²) in [5, 5.41) is 13.4. The van der Waals surface area contributed by atoms with Crippen molar-refractivity contribution < 1.29 is 9.84 Å². The Labute approximate surface area is 122 Å². The van der Waals surface area contributed by atoms with Crippen LogP contribution < -0.4 is 5.32 Å². The molecule has 0 aromatic carbocycles. The molecule has 0 unspecified atom stereocenters. The van der Waals surface area contributed by atoms with Crippen molar-refractivity contribution in [2.75, 3.05) is 39.9 Å². The average molecular weight is 283 g/mol. The summed E-state index contributed by atoms with van der Waals surface area (Å²) in [6.45, 7) is 5.87. The molecule has 0 aromatic heterocycles. The average Bonchev–Trinajstić information content (AvgIpc) is 3.21. The van der Waals surface area contributed by atoms with Gasteiger partial charge in [-0.05, 0) is 44.9 Å². The molecule has 2 saturated carbocycles. The first-order valence-corrected chi connectivity index (χ1v) is 7.92. The van der Waals surface area contributed by atoms with Gasteiger partial charge in [-0.1, -0.05) is 0 Å². The molecule has 0 aromatic rings. The molecule has 0 heterocycles. The van der Waals surface area contributed by atoms with Crippen LogP contribution in [0.15, 0.2) is 4.99 Å². The van der Waals surface area contributed by atoms with Gasteiger partial charge in [-0.2, -0.15) is 0 Å². The third kappa shape index (κ3) is 4.94. The number of hydrogen-bond donors (Lipinski definition) is 2. The van der Waals surface area contributed by atoms with Crippen molar-refractivity contribution in [3.63, 3.8) is 0 Å². The normalized spacial score (nSPS) is 21.4. The number of aliphatic hydroxyl groups is 1. The summed E-state index contributed by atoms with van der Waals surface area (Å²) < 4.78 is 5.66. The van der Waals surface area contributed by atoms with Crippen molar-refractivity contribution in [3.05, 3.63) is 0 Å². The molecule has 2 N–H and O–H groups in total. The number of ether oxygens (including phenoxy) is 1. The second kappa shape index (κ2) is 7.27. The predicted octanol–water partition coefficient (Wildman–Crippen LogP) is 1.23. The molecule has 116 valence electrons. The standard InChI is InChI=1S/C15H29N3O2/c1-3-16-14(17-12-15(19)7-4-8-15)18(2)9-10-20-11-13-5-6-13/h13,19H,3-12H2,1-2H3,(H,16,17). The Morgan fingerprint density at radius 2 is 2.20 bits per heavy atom. The lowest BCUT2D eigenvalue weighted by Crippen LogP contribution is -2.44. The van der Waals surface area contributed by atoms with Crippen LogP contribution >= 0.6 is 0 Å². The lowest BCUT2D eigenvalue weighted by Gasteiger charge is -2.35. The quantitative estimate of drug-likeness (QED) is 0.399. The largest absolute Gasteiger partial charge is 0.388 e. The van der Waals surface area contributed by atoms with Gasteiger partial charge in [-0.25, -0.2) is 0 Å². The molecule has 5 heteroatoms. The van der Waals surface area contributed by atoms with Crippen LogP contribution in [-0.4, -0.2) is 61.5 Å². The number of likely N-dealkylation sites (N-methyl/N-ethyl adjacent to an activating group) is 1. The fourth-order valence-corrected chi connectivity index (χ4v) is 2.28. The number of guanidine groups is 1. The zero-order valence-corrected chi connectivity index (χ0v) is 12.9. The van der Waals surface area contributed by atoms with E-state index in [0.29, 0.717) is 6.54 Å². The molecule has 0 bridgehead atoms. The number of hydrogen-bond acceptors (Lipinski definition) is 3. The molecular formula is C15H29N3O2. The number of rotatable bonds is 8. The topological polar surface area (TPSA) is 57.1 Å². The Morgan fingerprint density at radius 3 is 2.75 bits per heavy atom. The Balaban J connectivity index is 1.71. The SMILES string of the molecule is CCNC(=NCC1(O)CCC1)N(C)CCOCC1CC1. The molecule has 20 heavy (non-hydrogen) atoms. The highest BCUT2D eigenvalue weighted by Gasteiger charge is 2.34. The molecule has 0 saturated heterocycles. The Hall–Kier alpha value is -0.810. The minimum absolute atomic E-state index is 0.503. The van der Waals surface area contributed by atoms with E-state index in [2.05, 4.69) is 22.1 Å². The Morgan fingerprint density at radius 1 is 1.45 bits per heavy atom. The summed E-state index contributed by atoms with van der Waals surface area (Å²) in [5.74, 6) is 1.68. The van der Waals surface area contributed by atoms with E-state index in [1.54, 1.807) is 0 Å². The van der Waals surface area contributed by atoms with Crippen LogP contribution in [-0.2, 0) is 4.74 Å². The van der Waals surface area contributed by atoms with E-state index in [0.717, 1.165) is 57.4 Å². The van der Waals surface area contributed by atoms with Crippen LogP contribution in [0, 0.1) is 5.92 Å². The van der Waals surface area contributed by atoms with E-state index >= 15 is 0 Å². The van der Waals surface area contributed by atoms with Crippen LogP contribution in [0.2, 0.25) is 0 Å². The molecule has 0 spiro atoms. The van der Waals surface area contributed by atoms with E-state index in [1.165, 1.54) is 12.8 Å². The predicted molar refractivity (Wildman–Crippen MR) is 81.0 cm³/mol. The fraction of sp³-hybridized carbons (Fsp3) is 0.933. The number of aliphatic imine (C=N–C) groups is 1. The van der Waals surface area contributed by atoms with Gasteiger partial charge < -0.3 is 20.1 Å². The first kappa shape index (κ1) is 15.6. The lowest BCUT2D eigenvalue weighted by molar-refractivity contribution is -0.0237. The van der Waals surface area contributed by atoms with Crippen LogP contribution in [0.5, 0.6) is 0 Å². The maximum atomic E-state index is 10.1. The monoisotopic (exact) mass is 283 g/mol. The molecule has 5 nitrogen and oxygen atoms in total. The highest BCUT2D eigenvalue weighted by molar-refractivity contribution is 5.79. The molecular weight excluding hydrogens is 254 g/mol. The smallest absolute Gasteiger partial charge is 0.193 e. The first-order valence-electron chi connectivity index (χ1n) is 7.92. The molecule has 0 amide bonds. The fourth-order valence-electron chi connectivity index (χ4n) is 2.28. The Kier molecular flexibility index (Phi) is 5.66. The van der Waals surface area contributed by atoms with Crippen molar-refractivity contribution in [1.29, 1.82) is 0 Å². The van der Waals surface area contributed by atoms with E-state index in [1.807, 2.05) is 7.05 Å². The Bertz CT molecular complexity index is 325. The molecule has 2 fully saturated rings. The van der Waals surface area contributed by atoms with Crippen LogP contribution in [0.4, 0.5) is 0 Å². The zero-order chi connectivity index (χ0) is 14.4. The first-order chi connectivity index (χ1) is 9.63. The van der Waals surface area contributed by atoms with Crippen LogP contribution in [0.1, 0.15) is 39.0 Å². The summed E-state index contributed by atoms with van der Waals surface area (Å²) in [4.78, 5) is 6.64. The van der Waals surface area contributed by atoms with Gasteiger partial charge >= 0.3 is 0 Å². The van der Waals surface area contributed by atoms with Gasteiger partial charge in [-0.3, -0.25) is 4.99 Å². The number of nitrogens with zero attached hydrogens (tertiary/aromatic N) is 2. The third-order valence-electron chi connectivity index (χ3n) is 4.13. The minimum atomic E-state index is -0.552. The molecule has 2 aliphatic carbocycles. The van der Waals surface area contributed by atoms with Crippen LogP contribution in [0.3, 0.4) is 0 Å². The van der Waals surface area contributed by atoms with Gasteiger partial charge in [0.2, 0.25) is 0 Å². The summed E-state index contributed by atoms with van der Waals surface area (Å²) in [6.07, 6.45) is 5.54. The maximum Gasteiger partial charge on any atom is 0.193 e. The molecule has 0 atom stereocenters. The lowest BCUT2D eigenvalue weighted by atomic mass is 9.80. The van der Waals surface area contributed by atoms with Crippen molar-refractivity contribution >= 4 is 5.96 Å². The summed E-state index contributed by atoms with van der Waals surface area (Å²) in [5.41, 5.74) is -0.552. The minimum Gasteiger partial charge on any atom is -0.388 e. The second-order valence-electron chi connectivity index (χ2n) is 6.19. The summed E-state index contributed by atoms with van der Waals surface area (Å²) in [7, 11) is 2.02. The van der Waals surface area contributed by atoms with Gasteiger partial charge in [0, 0.05) is 26.7 Å². The number of nitrogens with one attached hydrogen (secondary N) is 1. The molecule has 2 rings (SSSR count). The highest BCUT2D eigenvalue weighted by atomic mass is 16.5. The van der Waals surface area contributed by atoms with Gasteiger partial charge in [0.25, 0.3) is 0 Å². The maximum absolute atomic E-state index is 10.1. The molecule has 2 aliphatic rings. The van der Waals surface area contributed by atoms with Gasteiger partial charge in [0.1, 0.15) is 0 Å². The van der Waals surface area contributed by atoms with Crippen LogP contribution in [0.25, 0.3) is 0 Å². The summed E-state index contributed by atoms with van der Waals surface area (Å²) >= 11 is 0. The molecule has 0 radical (unpaired) electrons. The van der Waals surface area contributed by atoms with Crippen molar-refractivity contribution in [2.45, 2.75) is 44.6 Å². The molecule has 0 aliphatic heterocycles. The van der Waals surface area contributed by atoms with Crippen molar-refractivity contribution in [3.8, 4) is 0 Å². The van der Waals surface area contributed by atoms with E-state index in [4.69, 9.17) is 4.74 Å². The van der Waals surface area contributed by atoms with Gasteiger partial charge in [0.15, 0.2) is 5.96 Å². The van der Waals surface area contributed by atoms with E-state index in [9.17, 15) is 5.11 Å². The summed E-state index contributed by atoms with van der Waals surface area (Å²) in [6, 6.07) is 0. The van der Waals surface area contributed by atoms with Gasteiger partial charge in [-0.15, -0.1) is 0 Å². The third-order valence-corrected chi connectivity index (χ3v) is 4.13. The van der Waals surface area contributed by atoms with Crippen molar-refractivity contribution in [2.24, 2.45) is 10.9 Å². The highest BCUT2D eigenvalue weighted by Crippen LogP contribution is 2.31. The van der Waals surface area contributed by atoms with Crippen molar-refractivity contribution in [1.82, 2.24) is 10.2 Å². The second-order valence-corrected chi connectivity index (χ2v) is 6.19. The van der Waals surface area contributed by atoms with Gasteiger partial charge in [0.05, 0.1) is 18.8 Å².